The summed E-state index contributed by atoms with van der Waals surface area (Å²) in [6.45, 7) is 5.03. The standard InChI is InChI=1S/C29H32ClNO7S/c1-20(2)21-5-12-26(13-6-21)39(34,35)31-15-3-4-25(19-31)38-24-11-14-27(29(32)33)28(18-24)37-17-16-36-23-9-7-22(30)8-10-23/h5-14,18,20,25H,3-4,15-17,19H2,1-2H3,(H,32,33)/t25-/m1/s1. The summed E-state index contributed by atoms with van der Waals surface area (Å²) in [5.74, 6) is 0.344. The number of hydrogen-bond donors (Lipinski definition) is 1. The van der Waals surface area contributed by atoms with Crippen LogP contribution in [0, 0.1) is 0 Å². The lowest BCUT2D eigenvalue weighted by atomic mass is 10.0. The van der Waals surface area contributed by atoms with Crippen molar-refractivity contribution in [1.29, 1.82) is 0 Å². The van der Waals surface area contributed by atoms with Gasteiger partial charge in [0.2, 0.25) is 10.0 Å². The predicted molar refractivity (Wildman–Crippen MR) is 149 cm³/mol. The number of rotatable bonds is 11. The van der Waals surface area contributed by atoms with Crippen molar-refractivity contribution in [2.24, 2.45) is 0 Å². The van der Waals surface area contributed by atoms with Crippen molar-refractivity contribution in [2.45, 2.75) is 43.6 Å². The summed E-state index contributed by atoms with van der Waals surface area (Å²) < 4.78 is 45.4. The van der Waals surface area contributed by atoms with Crippen molar-refractivity contribution in [3.05, 3.63) is 82.9 Å². The average molecular weight is 574 g/mol. The molecule has 0 unspecified atom stereocenters. The highest BCUT2D eigenvalue weighted by Gasteiger charge is 2.31. The van der Waals surface area contributed by atoms with Crippen molar-refractivity contribution < 1.29 is 32.5 Å². The van der Waals surface area contributed by atoms with Crippen LogP contribution in [-0.2, 0) is 10.0 Å². The van der Waals surface area contributed by atoms with Crippen LogP contribution in [-0.4, -0.2) is 56.2 Å². The van der Waals surface area contributed by atoms with E-state index in [4.69, 9.17) is 25.8 Å². The third-order valence-corrected chi connectivity index (χ3v) is 8.57. The highest BCUT2D eigenvalue weighted by atomic mass is 35.5. The van der Waals surface area contributed by atoms with E-state index in [-0.39, 0.29) is 42.1 Å². The second-order valence-electron chi connectivity index (χ2n) is 9.58. The maximum Gasteiger partial charge on any atom is 0.339 e. The zero-order chi connectivity index (χ0) is 28.0. The normalized spacial score (nSPS) is 16.2. The summed E-state index contributed by atoms with van der Waals surface area (Å²) in [7, 11) is -3.67. The van der Waals surface area contributed by atoms with Gasteiger partial charge in [0.05, 0.1) is 11.4 Å². The lowest BCUT2D eigenvalue weighted by Crippen LogP contribution is -2.44. The summed E-state index contributed by atoms with van der Waals surface area (Å²) in [4.78, 5) is 12.0. The molecule has 1 atom stereocenters. The molecule has 8 nitrogen and oxygen atoms in total. The fourth-order valence-electron chi connectivity index (χ4n) is 4.30. The van der Waals surface area contributed by atoms with E-state index < -0.39 is 16.0 Å². The summed E-state index contributed by atoms with van der Waals surface area (Å²) in [5, 5.41) is 10.2. The fraction of sp³-hybridized carbons (Fsp3) is 0.345. The van der Waals surface area contributed by atoms with Crippen LogP contribution in [0.4, 0.5) is 0 Å². The summed E-state index contributed by atoms with van der Waals surface area (Å²) >= 11 is 5.88. The van der Waals surface area contributed by atoms with E-state index in [1.165, 1.54) is 16.4 Å². The molecule has 1 heterocycles. The zero-order valence-corrected chi connectivity index (χ0v) is 23.5. The number of carboxylic acids is 1. The average Bonchev–Trinajstić information content (AvgIpc) is 2.92. The van der Waals surface area contributed by atoms with E-state index in [1.54, 1.807) is 42.5 Å². The van der Waals surface area contributed by atoms with Crippen molar-refractivity contribution >= 4 is 27.6 Å². The van der Waals surface area contributed by atoms with Gasteiger partial charge in [0.1, 0.15) is 42.1 Å². The molecular formula is C29H32ClNO7S. The van der Waals surface area contributed by atoms with Crippen LogP contribution < -0.4 is 14.2 Å². The first kappa shape index (κ1) is 28.7. The Balaban J connectivity index is 1.40. The molecule has 1 aliphatic heterocycles. The van der Waals surface area contributed by atoms with Crippen molar-refractivity contribution in [2.75, 3.05) is 26.3 Å². The van der Waals surface area contributed by atoms with Gasteiger partial charge in [-0.05, 0) is 72.9 Å². The van der Waals surface area contributed by atoms with Gasteiger partial charge in [-0.1, -0.05) is 37.6 Å². The molecule has 1 fully saturated rings. The number of nitrogens with zero attached hydrogens (tertiary/aromatic N) is 1. The van der Waals surface area contributed by atoms with Crippen molar-refractivity contribution in [1.82, 2.24) is 4.31 Å². The first-order chi connectivity index (χ1) is 18.6. The molecule has 0 amide bonds. The molecule has 3 aromatic rings. The number of benzene rings is 3. The maximum absolute atomic E-state index is 13.3. The van der Waals surface area contributed by atoms with Crippen molar-refractivity contribution in [3.63, 3.8) is 0 Å². The minimum atomic E-state index is -3.67. The summed E-state index contributed by atoms with van der Waals surface area (Å²) in [5.41, 5.74) is 1.07. The van der Waals surface area contributed by atoms with Crippen LogP contribution in [0.3, 0.4) is 0 Å². The quantitative estimate of drug-likeness (QED) is 0.287. The van der Waals surface area contributed by atoms with Gasteiger partial charge in [-0.3, -0.25) is 0 Å². The van der Waals surface area contributed by atoms with Gasteiger partial charge >= 0.3 is 5.97 Å². The number of carbonyl (C=O) groups is 1. The molecule has 0 saturated carbocycles. The van der Waals surface area contributed by atoms with Gasteiger partial charge in [0.15, 0.2) is 0 Å². The Bertz CT molecular complexity index is 1380. The number of sulfonamides is 1. The molecule has 208 valence electrons. The molecule has 39 heavy (non-hydrogen) atoms. The molecule has 4 rings (SSSR count). The van der Waals surface area contributed by atoms with Gasteiger partial charge in [-0.15, -0.1) is 0 Å². The maximum atomic E-state index is 13.3. The highest BCUT2D eigenvalue weighted by molar-refractivity contribution is 7.89. The van der Waals surface area contributed by atoms with E-state index in [0.717, 1.165) is 5.56 Å². The predicted octanol–water partition coefficient (Wildman–Crippen LogP) is 5.85. The number of piperidine rings is 1. The monoisotopic (exact) mass is 573 g/mol. The lowest BCUT2D eigenvalue weighted by Gasteiger charge is -2.32. The zero-order valence-electron chi connectivity index (χ0n) is 21.9. The highest BCUT2D eigenvalue weighted by Crippen LogP contribution is 2.29. The number of carboxylic acid groups (broad SMARTS) is 1. The fourth-order valence-corrected chi connectivity index (χ4v) is 5.94. The Morgan fingerprint density at radius 2 is 1.67 bits per heavy atom. The van der Waals surface area contributed by atoms with Gasteiger partial charge < -0.3 is 19.3 Å². The SMILES string of the molecule is CC(C)c1ccc(S(=O)(=O)N2CCC[C@@H](Oc3ccc(C(=O)O)c(OCCOc4ccc(Cl)cc4)c3)C2)cc1. The largest absolute Gasteiger partial charge is 0.490 e. The third-order valence-electron chi connectivity index (χ3n) is 6.43. The molecule has 0 spiro atoms. The molecule has 1 N–H and O–H groups in total. The Labute approximate surface area is 234 Å². The van der Waals surface area contributed by atoms with Crippen LogP contribution >= 0.6 is 11.6 Å². The van der Waals surface area contributed by atoms with E-state index in [1.807, 2.05) is 12.1 Å². The van der Waals surface area contributed by atoms with E-state index in [0.29, 0.717) is 41.8 Å². The number of hydrogen-bond acceptors (Lipinski definition) is 6. The molecule has 1 aliphatic rings. The molecule has 0 aliphatic carbocycles. The molecule has 10 heteroatoms. The Morgan fingerprint density at radius 1 is 1.00 bits per heavy atom. The van der Waals surface area contributed by atoms with E-state index in [2.05, 4.69) is 13.8 Å². The second kappa shape index (κ2) is 12.7. The van der Waals surface area contributed by atoms with Gasteiger partial charge in [0, 0.05) is 17.6 Å². The smallest absolute Gasteiger partial charge is 0.339 e. The molecule has 1 saturated heterocycles. The van der Waals surface area contributed by atoms with Crippen LogP contribution in [0.2, 0.25) is 5.02 Å². The second-order valence-corrected chi connectivity index (χ2v) is 12.0. The van der Waals surface area contributed by atoms with Crippen molar-refractivity contribution in [3.8, 4) is 17.2 Å². The topological polar surface area (TPSA) is 102 Å². The van der Waals surface area contributed by atoms with Crippen LogP contribution in [0.15, 0.2) is 71.6 Å². The Morgan fingerprint density at radius 3 is 2.33 bits per heavy atom. The molecule has 0 bridgehead atoms. The number of ether oxygens (including phenoxy) is 3. The number of halogens is 1. The first-order valence-corrected chi connectivity index (χ1v) is 14.6. The molecule has 3 aromatic carbocycles. The minimum absolute atomic E-state index is 0.00784. The van der Waals surface area contributed by atoms with Crippen LogP contribution in [0.25, 0.3) is 0 Å². The van der Waals surface area contributed by atoms with Crippen LogP contribution in [0.1, 0.15) is 48.5 Å². The Hall–Kier alpha value is -3.27. The lowest BCUT2D eigenvalue weighted by molar-refractivity contribution is 0.0691. The summed E-state index contributed by atoms with van der Waals surface area (Å²) in [6.07, 6.45) is 0.927. The minimum Gasteiger partial charge on any atom is -0.490 e. The first-order valence-electron chi connectivity index (χ1n) is 12.8. The van der Waals surface area contributed by atoms with Gasteiger partial charge in [0.25, 0.3) is 0 Å². The van der Waals surface area contributed by atoms with Gasteiger partial charge in [-0.25, -0.2) is 13.2 Å². The molecule has 0 aromatic heterocycles. The molecule has 0 radical (unpaired) electrons. The Kier molecular flexibility index (Phi) is 9.37. The van der Waals surface area contributed by atoms with E-state index >= 15 is 0 Å². The molecular weight excluding hydrogens is 542 g/mol. The van der Waals surface area contributed by atoms with Crippen LogP contribution in [0.5, 0.6) is 17.2 Å². The summed E-state index contributed by atoms with van der Waals surface area (Å²) in [6, 6.07) is 18.4. The van der Waals surface area contributed by atoms with Gasteiger partial charge in [-0.2, -0.15) is 4.31 Å². The third kappa shape index (κ3) is 7.44. The van der Waals surface area contributed by atoms with E-state index in [9.17, 15) is 18.3 Å². The number of aromatic carboxylic acids is 1.